The molecule has 9 nitrogen and oxygen atoms in total. The molecule has 1 aliphatic heterocycles. The van der Waals surface area contributed by atoms with Gasteiger partial charge in [-0.2, -0.15) is 0 Å². The highest BCUT2D eigenvalue weighted by atomic mass is 32.2. The van der Waals surface area contributed by atoms with Gasteiger partial charge in [0, 0.05) is 23.7 Å². The van der Waals surface area contributed by atoms with E-state index in [1.807, 2.05) is 0 Å². The van der Waals surface area contributed by atoms with Gasteiger partial charge in [0.1, 0.15) is 11.5 Å². The number of hydrogen-bond acceptors (Lipinski definition) is 5. The summed E-state index contributed by atoms with van der Waals surface area (Å²) in [7, 11) is -2.26. The monoisotopic (exact) mass is 520 g/mol. The molecule has 0 bridgehead atoms. The number of amides is 1. The first-order chi connectivity index (χ1) is 16.9. The van der Waals surface area contributed by atoms with Crippen LogP contribution in [0.4, 0.5) is 18.9 Å². The van der Waals surface area contributed by atoms with Crippen molar-refractivity contribution in [1.29, 1.82) is 0 Å². The van der Waals surface area contributed by atoms with Gasteiger partial charge in [-0.3, -0.25) is 14.3 Å². The van der Waals surface area contributed by atoms with Crippen molar-refractivity contribution < 1.29 is 31.1 Å². The summed E-state index contributed by atoms with van der Waals surface area (Å²) >= 11 is 0. The first-order valence-corrected chi connectivity index (χ1v) is 12.5. The minimum atomic E-state index is -3.72. The minimum absolute atomic E-state index is 0.00419. The second kappa shape index (κ2) is 8.38. The zero-order chi connectivity index (χ0) is 25.9. The number of rotatable bonds is 4. The molecule has 0 saturated heterocycles. The minimum Gasteiger partial charge on any atom is -0.373 e. The summed E-state index contributed by atoms with van der Waals surface area (Å²) in [4.78, 5) is 32.6. The number of carbonyl (C=O) groups excluding carboxylic acids is 1. The molecule has 0 saturated carbocycles. The fraction of sp³-hybridized carbons (Fsp3) is 0.217. The zero-order valence-corrected chi connectivity index (χ0v) is 19.7. The van der Waals surface area contributed by atoms with Crippen LogP contribution in [-0.4, -0.2) is 49.1 Å². The predicted octanol–water partition coefficient (Wildman–Crippen LogP) is 3.14. The standard InChI is InChI=1S/C23H19F3N4O5S/c1-30(23(32)18-7-13-16(27-18)3-10(24)4-17(13)29-36(2,33)34)20-9-35-8-19-21(20)11-5-14(25)15(26)6-12(11)22(31)28-19/h3-7,20,27,29H,8-9H2,1-2H3,(H,28,31)/t20-/m0/s1. The third-order valence-electron chi connectivity index (χ3n) is 6.06. The lowest BCUT2D eigenvalue weighted by molar-refractivity contribution is 0.0333. The summed E-state index contributed by atoms with van der Waals surface area (Å²) in [6, 6.07) is 4.43. The summed E-state index contributed by atoms with van der Waals surface area (Å²) in [6.45, 7) is 0.00927. The molecular weight excluding hydrogens is 501 g/mol. The van der Waals surface area contributed by atoms with Gasteiger partial charge in [-0.25, -0.2) is 21.6 Å². The number of ether oxygens (including phenoxy) is 1. The molecule has 0 radical (unpaired) electrons. The molecule has 5 rings (SSSR count). The lowest BCUT2D eigenvalue weighted by Gasteiger charge is -2.33. The summed E-state index contributed by atoms with van der Waals surface area (Å²) in [5.41, 5.74) is 0.278. The third-order valence-corrected chi connectivity index (χ3v) is 6.65. The average Bonchev–Trinajstić information content (AvgIpc) is 3.22. The van der Waals surface area contributed by atoms with Crippen molar-refractivity contribution in [3.63, 3.8) is 0 Å². The second-order valence-corrected chi connectivity index (χ2v) is 10.3. The van der Waals surface area contributed by atoms with Crippen LogP contribution in [-0.2, 0) is 21.4 Å². The quantitative estimate of drug-likeness (QED) is 0.381. The number of anilines is 1. The highest BCUT2D eigenvalue weighted by Crippen LogP contribution is 2.35. The topological polar surface area (TPSA) is 124 Å². The van der Waals surface area contributed by atoms with E-state index in [0.29, 0.717) is 11.3 Å². The van der Waals surface area contributed by atoms with E-state index in [0.717, 1.165) is 30.5 Å². The van der Waals surface area contributed by atoms with Crippen LogP contribution in [0.25, 0.3) is 21.7 Å². The van der Waals surface area contributed by atoms with E-state index >= 15 is 0 Å². The molecule has 1 atom stereocenters. The van der Waals surface area contributed by atoms with Crippen molar-refractivity contribution in [3.8, 4) is 0 Å². The maximum atomic E-state index is 14.1. The summed E-state index contributed by atoms with van der Waals surface area (Å²) in [5, 5.41) is 0.350. The van der Waals surface area contributed by atoms with Gasteiger partial charge < -0.3 is 19.6 Å². The number of halogens is 3. The van der Waals surface area contributed by atoms with Gasteiger partial charge >= 0.3 is 0 Å². The number of fused-ring (bicyclic) bond motifs is 4. The highest BCUT2D eigenvalue weighted by Gasteiger charge is 2.32. The van der Waals surface area contributed by atoms with E-state index in [4.69, 9.17) is 4.74 Å². The Morgan fingerprint density at radius 3 is 2.44 bits per heavy atom. The number of benzene rings is 2. The molecule has 13 heteroatoms. The number of likely N-dealkylation sites (N-methyl/N-ethyl adjacent to an activating group) is 1. The number of H-pyrrole nitrogens is 2. The van der Waals surface area contributed by atoms with E-state index in [-0.39, 0.29) is 46.3 Å². The predicted molar refractivity (Wildman–Crippen MR) is 126 cm³/mol. The normalized spacial score (nSPS) is 15.8. The fourth-order valence-corrected chi connectivity index (χ4v) is 5.05. The van der Waals surface area contributed by atoms with Crippen LogP contribution in [0.5, 0.6) is 0 Å². The van der Waals surface area contributed by atoms with E-state index < -0.39 is 45.0 Å². The van der Waals surface area contributed by atoms with Crippen molar-refractivity contribution in [2.45, 2.75) is 12.6 Å². The molecule has 4 aromatic rings. The highest BCUT2D eigenvalue weighted by molar-refractivity contribution is 7.92. The Balaban J connectivity index is 1.59. The molecular formula is C23H19F3N4O5S. The Hall–Kier alpha value is -3.84. The van der Waals surface area contributed by atoms with Gasteiger partial charge in [-0.05, 0) is 35.7 Å². The molecule has 3 heterocycles. The molecule has 2 aromatic heterocycles. The van der Waals surface area contributed by atoms with Crippen molar-refractivity contribution in [2.75, 3.05) is 24.6 Å². The number of hydrogen-bond donors (Lipinski definition) is 3. The summed E-state index contributed by atoms with van der Waals surface area (Å²) in [6.07, 6.45) is 0.917. The molecule has 0 fully saturated rings. The number of pyridine rings is 1. The number of nitrogens with zero attached hydrogens (tertiary/aromatic N) is 1. The van der Waals surface area contributed by atoms with Crippen LogP contribution >= 0.6 is 0 Å². The van der Waals surface area contributed by atoms with Crippen molar-refractivity contribution in [3.05, 3.63) is 75.1 Å². The Morgan fingerprint density at radius 1 is 1.06 bits per heavy atom. The molecule has 0 spiro atoms. The van der Waals surface area contributed by atoms with Gasteiger partial charge in [0.25, 0.3) is 11.5 Å². The lowest BCUT2D eigenvalue weighted by Crippen LogP contribution is -2.37. The van der Waals surface area contributed by atoms with E-state index in [1.165, 1.54) is 18.0 Å². The first-order valence-electron chi connectivity index (χ1n) is 10.6. The van der Waals surface area contributed by atoms with Gasteiger partial charge in [0.05, 0.1) is 42.1 Å². The van der Waals surface area contributed by atoms with Crippen LogP contribution < -0.4 is 10.3 Å². The Labute approximate surface area is 201 Å². The molecule has 3 N–H and O–H groups in total. The van der Waals surface area contributed by atoms with Crippen LogP contribution in [0.1, 0.15) is 27.8 Å². The lowest BCUT2D eigenvalue weighted by atomic mass is 9.95. The second-order valence-electron chi connectivity index (χ2n) is 8.58. The van der Waals surface area contributed by atoms with Crippen molar-refractivity contribution in [2.24, 2.45) is 0 Å². The first kappa shape index (κ1) is 23.9. The maximum absolute atomic E-state index is 14.1. The van der Waals surface area contributed by atoms with E-state index in [1.54, 1.807) is 0 Å². The Kier molecular flexibility index (Phi) is 5.56. The SMILES string of the molecule is CN(C(=O)c1cc2c(NS(C)(=O)=O)cc(F)cc2[nH]1)[C@H]1COCc2[nH]c(=O)c3cc(F)c(F)cc3c21. The van der Waals surface area contributed by atoms with Crippen molar-refractivity contribution >= 4 is 43.3 Å². The van der Waals surface area contributed by atoms with Gasteiger partial charge in [0.2, 0.25) is 10.0 Å². The van der Waals surface area contributed by atoms with E-state index in [2.05, 4.69) is 14.7 Å². The van der Waals surface area contributed by atoms with Crippen LogP contribution in [0, 0.1) is 17.5 Å². The fourth-order valence-electron chi connectivity index (χ4n) is 4.48. The number of nitrogens with one attached hydrogen (secondary N) is 3. The van der Waals surface area contributed by atoms with Crippen LogP contribution in [0.2, 0.25) is 0 Å². The van der Waals surface area contributed by atoms with Crippen LogP contribution in [0.3, 0.4) is 0 Å². The van der Waals surface area contributed by atoms with Gasteiger partial charge in [0.15, 0.2) is 11.6 Å². The molecule has 2 aromatic carbocycles. The third kappa shape index (κ3) is 4.09. The number of sulfonamides is 1. The number of aromatic amines is 2. The zero-order valence-electron chi connectivity index (χ0n) is 18.9. The number of aromatic nitrogens is 2. The van der Waals surface area contributed by atoms with Crippen LogP contribution in [0.15, 0.2) is 35.1 Å². The molecule has 1 amide bonds. The maximum Gasteiger partial charge on any atom is 0.270 e. The largest absolute Gasteiger partial charge is 0.373 e. The molecule has 1 aliphatic rings. The van der Waals surface area contributed by atoms with Crippen molar-refractivity contribution in [1.82, 2.24) is 14.9 Å². The Morgan fingerprint density at radius 2 is 1.75 bits per heavy atom. The molecule has 0 aliphatic carbocycles. The molecule has 0 unspecified atom stereocenters. The average molecular weight is 520 g/mol. The molecule has 36 heavy (non-hydrogen) atoms. The smallest absolute Gasteiger partial charge is 0.270 e. The number of carbonyl (C=O) groups is 1. The Bertz CT molecular complexity index is 1730. The molecule has 188 valence electrons. The van der Waals surface area contributed by atoms with Gasteiger partial charge in [-0.1, -0.05) is 0 Å². The summed E-state index contributed by atoms with van der Waals surface area (Å²) in [5.74, 6) is -3.61. The van der Waals surface area contributed by atoms with Gasteiger partial charge in [-0.15, -0.1) is 0 Å². The summed E-state index contributed by atoms with van der Waals surface area (Å²) < 4.78 is 73.2. The van der Waals surface area contributed by atoms with E-state index in [9.17, 15) is 31.2 Å².